The fourth-order valence-electron chi connectivity index (χ4n) is 3.94. The van der Waals surface area contributed by atoms with Crippen LogP contribution < -0.4 is 10.2 Å². The molecular weight excluding hydrogens is 326 g/mol. The van der Waals surface area contributed by atoms with Crippen LogP contribution in [0.5, 0.6) is 0 Å². The molecule has 1 atom stereocenters. The number of nitrogens with one attached hydrogen (secondary N) is 1. The lowest BCUT2D eigenvalue weighted by Crippen LogP contribution is -2.47. The van der Waals surface area contributed by atoms with E-state index in [0.717, 1.165) is 31.5 Å². The number of fused-ring (bicyclic) bond motifs is 1. The molecule has 0 aromatic heterocycles. The van der Waals surface area contributed by atoms with Crippen LogP contribution in [-0.2, 0) is 16.0 Å². The normalized spacial score (nSPS) is 19.9. The topological polar surface area (TPSA) is 52.7 Å². The van der Waals surface area contributed by atoms with E-state index in [0.29, 0.717) is 18.3 Å². The fourth-order valence-corrected chi connectivity index (χ4v) is 3.94. The van der Waals surface area contributed by atoms with Crippen LogP contribution in [0, 0.1) is 0 Å². The smallest absolute Gasteiger partial charge is 0.244 e. The van der Waals surface area contributed by atoms with Gasteiger partial charge in [-0.05, 0) is 43.5 Å². The van der Waals surface area contributed by atoms with Gasteiger partial charge < -0.3 is 5.32 Å². The molecule has 2 aromatic carbocycles. The summed E-state index contributed by atoms with van der Waals surface area (Å²) in [5.41, 5.74) is 2.80. The Morgan fingerprint density at radius 1 is 1.08 bits per heavy atom. The zero-order valence-electron chi connectivity index (χ0n) is 14.7. The Balaban J connectivity index is 1.46. The average Bonchev–Trinajstić information content (AvgIpc) is 3.08. The molecule has 1 fully saturated rings. The van der Waals surface area contributed by atoms with Gasteiger partial charge in [-0.1, -0.05) is 42.5 Å². The first kappa shape index (κ1) is 16.8. The van der Waals surface area contributed by atoms with Gasteiger partial charge in [-0.3, -0.25) is 19.4 Å². The largest absolute Gasteiger partial charge is 0.323 e. The maximum Gasteiger partial charge on any atom is 0.244 e. The predicted molar refractivity (Wildman–Crippen MR) is 102 cm³/mol. The second-order valence-electron chi connectivity index (χ2n) is 7.00. The van der Waals surface area contributed by atoms with Crippen LogP contribution in [0.4, 0.5) is 11.4 Å². The number of hydrogen-bond donors (Lipinski definition) is 1. The standard InChI is InChI=1S/C21H23N3O2/c25-20-14-24(19-11-5-4-10-18(19)22-20)21(26)15-23-12-6-9-17(23)13-16-7-2-1-3-8-16/h1-5,7-8,10-11,17H,6,9,12-15H2,(H,22,25). The summed E-state index contributed by atoms with van der Waals surface area (Å²) in [6.45, 7) is 1.39. The minimum Gasteiger partial charge on any atom is -0.323 e. The molecule has 26 heavy (non-hydrogen) atoms. The number of hydrogen-bond acceptors (Lipinski definition) is 3. The van der Waals surface area contributed by atoms with E-state index in [-0.39, 0.29) is 18.4 Å². The number of carbonyl (C=O) groups excluding carboxylic acids is 2. The average molecular weight is 349 g/mol. The van der Waals surface area contributed by atoms with Crippen LogP contribution in [0.15, 0.2) is 54.6 Å². The third-order valence-electron chi connectivity index (χ3n) is 5.22. The van der Waals surface area contributed by atoms with Gasteiger partial charge in [0.2, 0.25) is 11.8 Å². The van der Waals surface area contributed by atoms with Gasteiger partial charge in [-0.2, -0.15) is 0 Å². The molecule has 1 N–H and O–H groups in total. The first-order valence-electron chi connectivity index (χ1n) is 9.18. The highest BCUT2D eigenvalue weighted by Gasteiger charge is 2.31. The van der Waals surface area contributed by atoms with Gasteiger partial charge in [-0.25, -0.2) is 0 Å². The third kappa shape index (κ3) is 3.48. The highest BCUT2D eigenvalue weighted by molar-refractivity contribution is 6.10. The van der Waals surface area contributed by atoms with E-state index >= 15 is 0 Å². The SMILES string of the molecule is O=C1CN(C(=O)CN2CCCC2Cc2ccccc2)c2ccccc2N1. The highest BCUT2D eigenvalue weighted by atomic mass is 16.2. The number of para-hydroxylation sites is 2. The molecule has 2 amide bonds. The summed E-state index contributed by atoms with van der Waals surface area (Å²) >= 11 is 0. The van der Waals surface area contributed by atoms with Gasteiger partial charge in [0.15, 0.2) is 0 Å². The molecule has 2 aromatic rings. The molecule has 2 heterocycles. The molecule has 4 rings (SSSR count). The number of benzene rings is 2. The molecule has 5 heteroatoms. The first-order chi connectivity index (χ1) is 12.7. The number of carbonyl (C=O) groups is 2. The van der Waals surface area contributed by atoms with Crippen LogP contribution in [0.25, 0.3) is 0 Å². The van der Waals surface area contributed by atoms with Crippen molar-refractivity contribution < 1.29 is 9.59 Å². The van der Waals surface area contributed by atoms with Crippen molar-refractivity contribution >= 4 is 23.2 Å². The van der Waals surface area contributed by atoms with E-state index in [9.17, 15) is 9.59 Å². The van der Waals surface area contributed by atoms with Crippen molar-refractivity contribution in [1.82, 2.24) is 4.90 Å². The second-order valence-corrected chi connectivity index (χ2v) is 7.00. The van der Waals surface area contributed by atoms with Crippen molar-refractivity contribution in [3.05, 3.63) is 60.2 Å². The summed E-state index contributed by atoms with van der Waals surface area (Å²) in [4.78, 5) is 28.8. The Hall–Kier alpha value is -2.66. The Labute approximate surface area is 153 Å². The zero-order chi connectivity index (χ0) is 17.9. The molecule has 0 saturated carbocycles. The van der Waals surface area contributed by atoms with Gasteiger partial charge in [0.1, 0.15) is 6.54 Å². The van der Waals surface area contributed by atoms with Crippen molar-refractivity contribution in [3.63, 3.8) is 0 Å². The molecule has 1 saturated heterocycles. The van der Waals surface area contributed by atoms with Crippen LogP contribution >= 0.6 is 0 Å². The zero-order valence-corrected chi connectivity index (χ0v) is 14.7. The molecule has 0 spiro atoms. The summed E-state index contributed by atoms with van der Waals surface area (Å²) in [5.74, 6) is -0.147. The van der Waals surface area contributed by atoms with Gasteiger partial charge in [0.25, 0.3) is 0 Å². The lowest BCUT2D eigenvalue weighted by Gasteiger charge is -2.32. The van der Waals surface area contributed by atoms with Gasteiger partial charge >= 0.3 is 0 Å². The van der Waals surface area contributed by atoms with Crippen molar-refractivity contribution in [2.75, 3.05) is 29.9 Å². The molecule has 2 aliphatic rings. The number of nitrogens with zero attached hydrogens (tertiary/aromatic N) is 2. The molecule has 5 nitrogen and oxygen atoms in total. The van der Waals surface area contributed by atoms with E-state index in [2.05, 4.69) is 34.5 Å². The molecule has 0 radical (unpaired) electrons. The Kier molecular flexibility index (Phi) is 4.71. The molecular formula is C21H23N3O2. The van der Waals surface area contributed by atoms with Gasteiger partial charge in [0.05, 0.1) is 17.9 Å². The van der Waals surface area contributed by atoms with Crippen LogP contribution in [0.3, 0.4) is 0 Å². The first-order valence-corrected chi connectivity index (χ1v) is 9.18. The van der Waals surface area contributed by atoms with Crippen LogP contribution in [0.1, 0.15) is 18.4 Å². The number of likely N-dealkylation sites (tertiary alicyclic amines) is 1. The lowest BCUT2D eigenvalue weighted by atomic mass is 10.0. The van der Waals surface area contributed by atoms with E-state index in [4.69, 9.17) is 0 Å². The Morgan fingerprint density at radius 2 is 1.85 bits per heavy atom. The van der Waals surface area contributed by atoms with Gasteiger partial charge in [-0.15, -0.1) is 0 Å². The van der Waals surface area contributed by atoms with E-state index in [1.165, 1.54) is 5.56 Å². The molecule has 0 aliphatic carbocycles. The second kappa shape index (κ2) is 7.30. The van der Waals surface area contributed by atoms with E-state index < -0.39 is 0 Å². The molecule has 0 bridgehead atoms. The predicted octanol–water partition coefficient (Wildman–Crippen LogP) is 2.68. The van der Waals surface area contributed by atoms with Gasteiger partial charge in [0, 0.05) is 6.04 Å². The summed E-state index contributed by atoms with van der Waals surface area (Å²) in [7, 11) is 0. The molecule has 134 valence electrons. The monoisotopic (exact) mass is 349 g/mol. The molecule has 2 aliphatic heterocycles. The third-order valence-corrected chi connectivity index (χ3v) is 5.22. The van der Waals surface area contributed by atoms with E-state index in [1.54, 1.807) is 4.90 Å². The van der Waals surface area contributed by atoms with E-state index in [1.807, 2.05) is 30.3 Å². The number of anilines is 2. The number of amides is 2. The van der Waals surface area contributed by atoms with Crippen LogP contribution in [0.2, 0.25) is 0 Å². The lowest BCUT2D eigenvalue weighted by molar-refractivity contribution is -0.122. The van der Waals surface area contributed by atoms with Crippen LogP contribution in [-0.4, -0.2) is 42.4 Å². The van der Waals surface area contributed by atoms with Crippen molar-refractivity contribution in [2.45, 2.75) is 25.3 Å². The summed E-state index contributed by atoms with van der Waals surface area (Å²) in [6, 6.07) is 18.3. The maximum absolute atomic E-state index is 13.0. The summed E-state index contributed by atoms with van der Waals surface area (Å²) in [5, 5.41) is 2.83. The summed E-state index contributed by atoms with van der Waals surface area (Å²) < 4.78 is 0. The number of rotatable bonds is 4. The summed E-state index contributed by atoms with van der Waals surface area (Å²) in [6.07, 6.45) is 3.19. The quantitative estimate of drug-likeness (QED) is 0.923. The Morgan fingerprint density at radius 3 is 2.69 bits per heavy atom. The van der Waals surface area contributed by atoms with Crippen molar-refractivity contribution in [1.29, 1.82) is 0 Å². The van der Waals surface area contributed by atoms with Crippen molar-refractivity contribution in [2.24, 2.45) is 0 Å². The van der Waals surface area contributed by atoms with Crippen molar-refractivity contribution in [3.8, 4) is 0 Å². The molecule has 1 unspecified atom stereocenters. The maximum atomic E-state index is 13.0. The minimum absolute atomic E-state index is 0.00717. The Bertz CT molecular complexity index is 806. The minimum atomic E-state index is -0.140. The highest BCUT2D eigenvalue weighted by Crippen LogP contribution is 2.29. The fraction of sp³-hybridized carbons (Fsp3) is 0.333.